The predicted molar refractivity (Wildman–Crippen MR) is 162 cm³/mol. The van der Waals surface area contributed by atoms with Crippen LogP contribution in [0.15, 0.2) is 23.7 Å². The number of aryl methyl sites for hydroxylation is 1. The van der Waals surface area contributed by atoms with Gasteiger partial charge >= 0.3 is 0 Å². The number of aromatic nitrogens is 1. The molecule has 1 aromatic heterocycles. The van der Waals surface area contributed by atoms with Crippen LogP contribution in [0.2, 0.25) is 0 Å². The van der Waals surface area contributed by atoms with Crippen LogP contribution in [0, 0.1) is 18.8 Å². The number of nitrogens with zero attached hydrogens (tertiary/aromatic N) is 4. The molecule has 2 saturated heterocycles. The number of piperazine rings is 1. The van der Waals surface area contributed by atoms with Gasteiger partial charge in [-0.2, -0.15) is 0 Å². The third-order valence-corrected chi connectivity index (χ3v) is 8.46. The first kappa shape index (κ1) is 32.9. The topological polar surface area (TPSA) is 89.0 Å². The van der Waals surface area contributed by atoms with Crippen LogP contribution < -0.4 is 10.2 Å². The molecule has 2 N–H and O–H groups in total. The van der Waals surface area contributed by atoms with Gasteiger partial charge in [-0.1, -0.05) is 46.8 Å². The van der Waals surface area contributed by atoms with Gasteiger partial charge in [0.1, 0.15) is 6.29 Å². The van der Waals surface area contributed by atoms with Gasteiger partial charge in [-0.3, -0.25) is 9.69 Å². The summed E-state index contributed by atoms with van der Waals surface area (Å²) in [6.45, 7) is 17.1. The molecule has 3 atom stereocenters. The molecular formula is C30H49N5O3S. The molecule has 3 heterocycles. The zero-order valence-electron chi connectivity index (χ0n) is 25.1. The number of carbonyl (C=O) groups is 2. The van der Waals surface area contributed by atoms with E-state index < -0.39 is 6.10 Å². The number of aldehydes is 1. The molecule has 9 heteroatoms. The average Bonchev–Trinajstić information content (AvgIpc) is 3.52. The highest BCUT2D eigenvalue weighted by atomic mass is 32.1. The van der Waals surface area contributed by atoms with E-state index in [2.05, 4.69) is 45.3 Å². The minimum absolute atomic E-state index is 0.0132. The lowest BCUT2D eigenvalue weighted by Crippen LogP contribution is -2.45. The molecule has 218 valence electrons. The highest BCUT2D eigenvalue weighted by molar-refractivity contribution is 7.13. The standard InChI is InChI=1S/C22H31N5O2S.C6H12O.C2H6/c1-15-21(30-14-24-15)16-4-5-17(19(10-16)27-8-6-25(2)7-9-27)12-23-22(29)20-11-18(28)13-26(20)3;1-5(2)6(3)4-7;1-2/h4-5,10,14,18,20,28H,6-9,11-13H2,1-3H3,(H,23,29);4-6H,1-3H3;1-2H3. The molecule has 0 radical (unpaired) electrons. The Labute approximate surface area is 239 Å². The number of nitrogens with one attached hydrogen (secondary N) is 1. The Morgan fingerprint density at radius 3 is 2.33 bits per heavy atom. The number of anilines is 1. The largest absolute Gasteiger partial charge is 0.392 e. The van der Waals surface area contributed by atoms with Crippen LogP contribution in [-0.4, -0.2) is 91.0 Å². The van der Waals surface area contributed by atoms with Crippen LogP contribution in [0.3, 0.4) is 0 Å². The Morgan fingerprint density at radius 1 is 1.18 bits per heavy atom. The Kier molecular flexibility index (Phi) is 13.5. The van der Waals surface area contributed by atoms with E-state index in [1.54, 1.807) is 11.3 Å². The first-order valence-electron chi connectivity index (χ1n) is 14.2. The molecular weight excluding hydrogens is 510 g/mol. The summed E-state index contributed by atoms with van der Waals surface area (Å²) in [5, 5.41) is 13.0. The molecule has 8 nitrogen and oxygen atoms in total. The van der Waals surface area contributed by atoms with Crippen molar-refractivity contribution in [2.24, 2.45) is 11.8 Å². The fraction of sp³-hybridized carbons (Fsp3) is 0.633. The normalized spacial score (nSPS) is 20.5. The third-order valence-electron chi connectivity index (χ3n) is 7.49. The summed E-state index contributed by atoms with van der Waals surface area (Å²) < 4.78 is 0. The quantitative estimate of drug-likeness (QED) is 0.495. The fourth-order valence-corrected chi connectivity index (χ4v) is 5.31. The number of likely N-dealkylation sites (N-methyl/N-ethyl adjacent to an activating group) is 2. The van der Waals surface area contributed by atoms with E-state index >= 15 is 0 Å². The highest BCUT2D eigenvalue weighted by Crippen LogP contribution is 2.33. The highest BCUT2D eigenvalue weighted by Gasteiger charge is 2.33. The minimum atomic E-state index is -0.423. The first-order valence-corrected chi connectivity index (χ1v) is 15.1. The smallest absolute Gasteiger partial charge is 0.237 e. The second kappa shape index (κ2) is 16.1. The van der Waals surface area contributed by atoms with E-state index in [1.165, 1.54) is 16.1 Å². The number of carbonyl (C=O) groups excluding carboxylic acids is 2. The van der Waals surface area contributed by atoms with Crippen molar-refractivity contribution >= 4 is 29.2 Å². The maximum Gasteiger partial charge on any atom is 0.237 e. The molecule has 1 aromatic carbocycles. The number of thiazole rings is 1. The number of hydrogen-bond acceptors (Lipinski definition) is 8. The van der Waals surface area contributed by atoms with Crippen molar-refractivity contribution < 1.29 is 14.7 Å². The van der Waals surface area contributed by atoms with Gasteiger partial charge in [0.2, 0.25) is 5.91 Å². The van der Waals surface area contributed by atoms with E-state index in [1.807, 2.05) is 59.0 Å². The van der Waals surface area contributed by atoms with Gasteiger partial charge in [0.15, 0.2) is 0 Å². The number of benzene rings is 1. The van der Waals surface area contributed by atoms with Gasteiger partial charge < -0.3 is 25.0 Å². The number of β-amino-alcohol motifs (C(OH)–C–C–N with tert-alkyl or cyclic N) is 1. The summed E-state index contributed by atoms with van der Waals surface area (Å²) in [5.41, 5.74) is 6.43. The zero-order valence-corrected chi connectivity index (χ0v) is 25.9. The molecule has 2 fully saturated rings. The van der Waals surface area contributed by atoms with Crippen molar-refractivity contribution in [2.75, 3.05) is 51.7 Å². The van der Waals surface area contributed by atoms with Crippen molar-refractivity contribution in [1.82, 2.24) is 20.1 Å². The van der Waals surface area contributed by atoms with Crippen molar-refractivity contribution in [3.05, 3.63) is 35.0 Å². The number of aliphatic hydroxyl groups excluding tert-OH is 1. The van der Waals surface area contributed by atoms with Crippen LogP contribution in [-0.2, 0) is 16.1 Å². The van der Waals surface area contributed by atoms with Gasteiger partial charge in [-0.25, -0.2) is 4.98 Å². The fourth-order valence-electron chi connectivity index (χ4n) is 4.51. The maximum absolute atomic E-state index is 12.7. The van der Waals surface area contributed by atoms with Crippen molar-refractivity contribution in [3.63, 3.8) is 0 Å². The number of aliphatic hydroxyl groups is 1. The van der Waals surface area contributed by atoms with Gasteiger partial charge in [0, 0.05) is 50.9 Å². The van der Waals surface area contributed by atoms with Crippen LogP contribution in [0.1, 0.15) is 52.3 Å². The van der Waals surface area contributed by atoms with Crippen molar-refractivity contribution in [1.29, 1.82) is 0 Å². The maximum atomic E-state index is 12.7. The number of amides is 1. The summed E-state index contributed by atoms with van der Waals surface area (Å²) in [6.07, 6.45) is 1.07. The van der Waals surface area contributed by atoms with Crippen LogP contribution in [0.4, 0.5) is 5.69 Å². The van der Waals surface area contributed by atoms with E-state index in [9.17, 15) is 14.7 Å². The lowest BCUT2D eigenvalue weighted by atomic mass is 10.0. The first-order chi connectivity index (χ1) is 18.6. The third kappa shape index (κ3) is 9.38. The molecule has 0 aliphatic carbocycles. The molecule has 0 spiro atoms. The summed E-state index contributed by atoms with van der Waals surface area (Å²) >= 11 is 1.66. The Morgan fingerprint density at radius 2 is 1.85 bits per heavy atom. The SMILES string of the molecule is CC.CC(C)C(C)C=O.Cc1ncsc1-c1ccc(CNC(=O)C2CC(O)CN2C)c(N2CCN(C)CC2)c1. The average molecular weight is 560 g/mol. The summed E-state index contributed by atoms with van der Waals surface area (Å²) in [6, 6.07) is 6.26. The monoisotopic (exact) mass is 559 g/mol. The number of rotatable bonds is 7. The molecule has 0 bridgehead atoms. The molecule has 2 aliphatic heterocycles. The Hall–Kier alpha value is -2.33. The second-order valence-electron chi connectivity index (χ2n) is 10.7. The van der Waals surface area contributed by atoms with Crippen LogP contribution >= 0.6 is 11.3 Å². The Bertz CT molecular complexity index is 1040. The molecule has 1 amide bonds. The van der Waals surface area contributed by atoms with Crippen LogP contribution in [0.5, 0.6) is 0 Å². The number of likely N-dealkylation sites (tertiary alicyclic amines) is 1. The molecule has 2 aliphatic rings. The minimum Gasteiger partial charge on any atom is -0.392 e. The van der Waals surface area contributed by atoms with E-state index in [0.717, 1.165) is 43.7 Å². The number of hydrogen-bond donors (Lipinski definition) is 2. The lowest BCUT2D eigenvalue weighted by Gasteiger charge is -2.35. The van der Waals surface area contributed by atoms with Gasteiger partial charge in [0.05, 0.1) is 28.2 Å². The molecule has 0 saturated carbocycles. The summed E-state index contributed by atoms with van der Waals surface area (Å²) in [4.78, 5) is 35.0. The molecule has 2 aromatic rings. The molecule has 4 rings (SSSR count). The summed E-state index contributed by atoms with van der Waals surface area (Å²) in [5.74, 6) is 0.707. The van der Waals surface area contributed by atoms with E-state index in [-0.39, 0.29) is 17.9 Å². The molecule has 39 heavy (non-hydrogen) atoms. The van der Waals surface area contributed by atoms with E-state index in [4.69, 9.17) is 0 Å². The zero-order chi connectivity index (χ0) is 29.1. The second-order valence-corrected chi connectivity index (χ2v) is 11.6. The Balaban J connectivity index is 0.000000517. The van der Waals surface area contributed by atoms with E-state index in [0.29, 0.717) is 25.4 Å². The lowest BCUT2D eigenvalue weighted by molar-refractivity contribution is -0.125. The van der Waals surface area contributed by atoms with Gasteiger partial charge in [0.25, 0.3) is 0 Å². The van der Waals surface area contributed by atoms with Gasteiger partial charge in [-0.05, 0) is 50.6 Å². The van der Waals surface area contributed by atoms with Crippen molar-refractivity contribution in [2.45, 2.75) is 66.7 Å². The predicted octanol–water partition coefficient (Wildman–Crippen LogP) is 4.06. The molecule has 3 unspecified atom stereocenters. The van der Waals surface area contributed by atoms with Gasteiger partial charge in [-0.15, -0.1) is 11.3 Å². The van der Waals surface area contributed by atoms with Crippen LogP contribution in [0.25, 0.3) is 10.4 Å². The summed E-state index contributed by atoms with van der Waals surface area (Å²) in [7, 11) is 4.05. The van der Waals surface area contributed by atoms with Crippen molar-refractivity contribution in [3.8, 4) is 10.4 Å².